The molecule has 1 N–H and O–H groups in total. The number of hydrogen-bond acceptors (Lipinski definition) is 3. The van der Waals surface area contributed by atoms with Crippen molar-refractivity contribution >= 4 is 23.4 Å². The highest BCUT2D eigenvalue weighted by Crippen LogP contribution is 2.16. The van der Waals surface area contributed by atoms with Crippen LogP contribution in [-0.2, 0) is 6.54 Å². The summed E-state index contributed by atoms with van der Waals surface area (Å²) < 4.78 is 7.80. The molecule has 2 aromatic rings. The van der Waals surface area contributed by atoms with Gasteiger partial charge >= 0.3 is 0 Å². The fourth-order valence-electron chi connectivity index (χ4n) is 1.56. The minimum atomic E-state index is 0.612. The Morgan fingerprint density at radius 3 is 3.00 bits per heavy atom. The Balaban J connectivity index is 2.66. The van der Waals surface area contributed by atoms with Crippen molar-refractivity contribution in [2.75, 3.05) is 7.11 Å². The van der Waals surface area contributed by atoms with Crippen LogP contribution in [0.15, 0.2) is 12.1 Å². The number of pyridine rings is 1. The first-order valence-corrected chi connectivity index (χ1v) is 5.30. The Kier molecular flexibility index (Phi) is 2.73. The van der Waals surface area contributed by atoms with Gasteiger partial charge in [-0.1, -0.05) is 6.92 Å². The van der Waals surface area contributed by atoms with E-state index in [0.717, 1.165) is 24.1 Å². The van der Waals surface area contributed by atoms with Crippen molar-refractivity contribution in [2.45, 2.75) is 19.9 Å². The molecule has 0 atom stereocenters. The Morgan fingerprint density at radius 2 is 2.33 bits per heavy atom. The molecular formula is C10H13N3OS. The molecule has 0 aliphatic rings. The van der Waals surface area contributed by atoms with Crippen LogP contribution in [0.25, 0.3) is 11.2 Å². The number of aryl methyl sites for hydroxylation is 1. The number of hydrogen-bond donors (Lipinski definition) is 1. The molecule has 0 saturated carbocycles. The van der Waals surface area contributed by atoms with Crippen molar-refractivity contribution in [1.29, 1.82) is 0 Å². The average Bonchev–Trinajstić information content (AvgIpc) is 2.55. The van der Waals surface area contributed by atoms with E-state index in [9.17, 15) is 0 Å². The summed E-state index contributed by atoms with van der Waals surface area (Å²) in [6, 6.07) is 3.76. The maximum atomic E-state index is 5.22. The summed E-state index contributed by atoms with van der Waals surface area (Å²) in [5, 5.41) is 0. The lowest BCUT2D eigenvalue weighted by atomic mass is 10.4. The quantitative estimate of drug-likeness (QED) is 0.813. The molecule has 0 radical (unpaired) electrons. The van der Waals surface area contributed by atoms with Crippen LogP contribution in [-0.4, -0.2) is 21.6 Å². The summed E-state index contributed by atoms with van der Waals surface area (Å²) in [6.45, 7) is 2.99. The van der Waals surface area contributed by atoms with E-state index < -0.39 is 0 Å². The molecular weight excluding hydrogens is 210 g/mol. The second kappa shape index (κ2) is 4.02. The lowest BCUT2D eigenvalue weighted by Crippen LogP contribution is -1.98. The molecule has 80 valence electrons. The van der Waals surface area contributed by atoms with Crippen molar-refractivity contribution in [1.82, 2.24) is 14.5 Å². The molecule has 0 spiro atoms. The molecule has 0 aromatic carbocycles. The topological polar surface area (TPSA) is 42.8 Å². The normalized spacial score (nSPS) is 10.8. The Bertz CT molecular complexity index is 529. The first-order valence-electron chi connectivity index (χ1n) is 4.89. The van der Waals surface area contributed by atoms with Crippen LogP contribution < -0.4 is 4.74 Å². The van der Waals surface area contributed by atoms with Crippen LogP contribution >= 0.6 is 12.2 Å². The second-order valence-electron chi connectivity index (χ2n) is 3.31. The van der Waals surface area contributed by atoms with E-state index >= 15 is 0 Å². The summed E-state index contributed by atoms with van der Waals surface area (Å²) in [4.78, 5) is 7.50. The van der Waals surface area contributed by atoms with E-state index in [1.165, 1.54) is 0 Å². The van der Waals surface area contributed by atoms with Crippen LogP contribution in [0.4, 0.5) is 0 Å². The van der Waals surface area contributed by atoms with Gasteiger partial charge in [-0.05, 0) is 24.7 Å². The molecule has 15 heavy (non-hydrogen) atoms. The number of aromatic nitrogens is 3. The van der Waals surface area contributed by atoms with E-state index in [1.54, 1.807) is 7.11 Å². The predicted octanol–water partition coefficient (Wildman–Crippen LogP) is 2.51. The zero-order valence-corrected chi connectivity index (χ0v) is 9.60. The van der Waals surface area contributed by atoms with Gasteiger partial charge in [-0.15, -0.1) is 0 Å². The van der Waals surface area contributed by atoms with Crippen molar-refractivity contribution < 1.29 is 4.74 Å². The van der Waals surface area contributed by atoms with Crippen LogP contribution in [0, 0.1) is 4.77 Å². The zero-order chi connectivity index (χ0) is 10.8. The number of ether oxygens (including phenoxy) is 1. The molecule has 0 unspecified atom stereocenters. The fraction of sp³-hybridized carbons (Fsp3) is 0.400. The number of H-pyrrole nitrogens is 1. The van der Waals surface area contributed by atoms with E-state index in [1.807, 2.05) is 16.7 Å². The van der Waals surface area contributed by atoms with Gasteiger partial charge in [0.05, 0.1) is 12.6 Å². The smallest absolute Gasteiger partial charge is 0.215 e. The van der Waals surface area contributed by atoms with Crippen LogP contribution in [0.2, 0.25) is 0 Å². The minimum Gasteiger partial charge on any atom is -0.481 e. The van der Waals surface area contributed by atoms with Gasteiger partial charge < -0.3 is 14.3 Å². The maximum absolute atomic E-state index is 5.22. The zero-order valence-electron chi connectivity index (χ0n) is 8.78. The monoisotopic (exact) mass is 223 g/mol. The molecule has 2 aromatic heterocycles. The van der Waals surface area contributed by atoms with Gasteiger partial charge in [-0.25, -0.2) is 0 Å². The van der Waals surface area contributed by atoms with Gasteiger partial charge in [0.25, 0.3) is 0 Å². The molecule has 2 heterocycles. The molecule has 0 aliphatic carbocycles. The lowest BCUT2D eigenvalue weighted by Gasteiger charge is -2.02. The van der Waals surface area contributed by atoms with Gasteiger partial charge in [-0.3, -0.25) is 0 Å². The van der Waals surface area contributed by atoms with Crippen LogP contribution in [0.1, 0.15) is 13.3 Å². The van der Waals surface area contributed by atoms with Gasteiger partial charge in [-0.2, -0.15) is 4.98 Å². The van der Waals surface area contributed by atoms with E-state index in [0.29, 0.717) is 10.7 Å². The first-order chi connectivity index (χ1) is 7.26. The Hall–Kier alpha value is -1.36. The highest BCUT2D eigenvalue weighted by Gasteiger charge is 2.05. The number of aromatic amines is 1. The molecule has 0 amide bonds. The lowest BCUT2D eigenvalue weighted by molar-refractivity contribution is 0.399. The number of rotatable bonds is 3. The first kappa shape index (κ1) is 10.2. The fourth-order valence-corrected chi connectivity index (χ4v) is 1.85. The largest absolute Gasteiger partial charge is 0.481 e. The third kappa shape index (κ3) is 1.74. The maximum Gasteiger partial charge on any atom is 0.215 e. The van der Waals surface area contributed by atoms with Gasteiger partial charge in [0.15, 0.2) is 10.4 Å². The molecule has 0 bridgehead atoms. The van der Waals surface area contributed by atoms with Crippen molar-refractivity contribution in [3.63, 3.8) is 0 Å². The molecule has 4 nitrogen and oxygen atoms in total. The number of fused-ring (bicyclic) bond motifs is 1. The van der Waals surface area contributed by atoms with Crippen molar-refractivity contribution in [3.8, 4) is 5.88 Å². The molecule has 5 heteroatoms. The van der Waals surface area contributed by atoms with Crippen LogP contribution in [0.5, 0.6) is 5.88 Å². The molecule has 0 aliphatic heterocycles. The average molecular weight is 223 g/mol. The third-order valence-corrected chi connectivity index (χ3v) is 2.57. The van der Waals surface area contributed by atoms with Crippen molar-refractivity contribution in [2.24, 2.45) is 0 Å². The van der Waals surface area contributed by atoms with Gasteiger partial charge in [0.1, 0.15) is 0 Å². The van der Waals surface area contributed by atoms with E-state index in [2.05, 4.69) is 16.9 Å². The SMILES string of the molecule is CCCn1c(=S)[nH]c2ccc(OC)nc21. The third-order valence-electron chi connectivity index (χ3n) is 2.25. The highest BCUT2D eigenvalue weighted by molar-refractivity contribution is 7.71. The summed E-state index contributed by atoms with van der Waals surface area (Å²) in [7, 11) is 1.61. The van der Waals surface area contributed by atoms with Crippen molar-refractivity contribution in [3.05, 3.63) is 16.9 Å². The van der Waals surface area contributed by atoms with Gasteiger partial charge in [0, 0.05) is 12.6 Å². The summed E-state index contributed by atoms with van der Waals surface area (Å²) in [6.07, 6.45) is 1.03. The van der Waals surface area contributed by atoms with E-state index in [-0.39, 0.29) is 0 Å². The number of imidazole rings is 1. The number of nitrogens with zero attached hydrogens (tertiary/aromatic N) is 2. The molecule has 0 fully saturated rings. The number of methoxy groups -OCH3 is 1. The molecule has 0 saturated heterocycles. The van der Waals surface area contributed by atoms with Crippen LogP contribution in [0.3, 0.4) is 0 Å². The standard InChI is InChI=1S/C10H13N3OS/c1-3-6-13-9-7(11-10(13)15)4-5-8(12-9)14-2/h4-5H,3,6H2,1-2H3,(H,11,15). The molecule has 2 rings (SSSR count). The number of nitrogens with one attached hydrogen (secondary N) is 1. The summed E-state index contributed by atoms with van der Waals surface area (Å²) in [5.41, 5.74) is 1.82. The summed E-state index contributed by atoms with van der Waals surface area (Å²) in [5.74, 6) is 0.612. The Morgan fingerprint density at radius 1 is 1.53 bits per heavy atom. The Labute approximate surface area is 92.9 Å². The predicted molar refractivity (Wildman–Crippen MR) is 61.8 cm³/mol. The van der Waals surface area contributed by atoms with E-state index in [4.69, 9.17) is 17.0 Å². The van der Waals surface area contributed by atoms with Gasteiger partial charge in [0.2, 0.25) is 5.88 Å². The highest BCUT2D eigenvalue weighted by atomic mass is 32.1. The second-order valence-corrected chi connectivity index (χ2v) is 3.69. The minimum absolute atomic E-state index is 0.612. The summed E-state index contributed by atoms with van der Waals surface area (Å²) >= 11 is 5.22.